The minimum absolute atomic E-state index is 0.710. The summed E-state index contributed by atoms with van der Waals surface area (Å²) in [5.41, 5.74) is 3.42. The van der Waals surface area contributed by atoms with Crippen LogP contribution in [0, 0.1) is 0 Å². The third-order valence-corrected chi connectivity index (χ3v) is 2.92. The van der Waals surface area contributed by atoms with Crippen LogP contribution < -0.4 is 5.32 Å². The van der Waals surface area contributed by atoms with Crippen molar-refractivity contribution < 1.29 is 0 Å². The smallest absolute Gasteiger partial charge is 0.134 e. The zero-order valence-corrected chi connectivity index (χ0v) is 9.56. The molecular weight excluding hydrogens is 212 g/mol. The molecule has 2 aromatic heterocycles. The maximum absolute atomic E-state index is 4.62. The third-order valence-electron chi connectivity index (χ3n) is 2.92. The molecule has 0 amide bonds. The van der Waals surface area contributed by atoms with Gasteiger partial charge in [0.2, 0.25) is 0 Å². The monoisotopic (exact) mass is 226 g/mol. The molecule has 4 nitrogen and oxygen atoms in total. The van der Waals surface area contributed by atoms with Crippen molar-refractivity contribution >= 4 is 0 Å². The van der Waals surface area contributed by atoms with Crippen LogP contribution in [-0.4, -0.2) is 21.5 Å². The first-order valence-corrected chi connectivity index (χ1v) is 5.86. The average Bonchev–Trinajstić information content (AvgIpc) is 2.40. The van der Waals surface area contributed by atoms with Gasteiger partial charge in [0.05, 0.1) is 6.42 Å². The summed E-state index contributed by atoms with van der Waals surface area (Å²) in [6.07, 6.45) is 5.44. The summed E-state index contributed by atoms with van der Waals surface area (Å²) >= 11 is 0. The second kappa shape index (κ2) is 4.59. The summed E-state index contributed by atoms with van der Waals surface area (Å²) in [5.74, 6) is 0.865. The zero-order valence-electron chi connectivity index (χ0n) is 9.56. The van der Waals surface area contributed by atoms with Crippen molar-refractivity contribution in [3.63, 3.8) is 0 Å². The Balaban J connectivity index is 1.84. The van der Waals surface area contributed by atoms with Gasteiger partial charge in [-0.2, -0.15) is 0 Å². The van der Waals surface area contributed by atoms with Crippen molar-refractivity contribution in [1.82, 2.24) is 20.3 Å². The van der Waals surface area contributed by atoms with E-state index < -0.39 is 0 Å². The molecule has 0 saturated heterocycles. The minimum atomic E-state index is 0.710. The Morgan fingerprint density at radius 1 is 1.24 bits per heavy atom. The highest BCUT2D eigenvalue weighted by molar-refractivity contribution is 5.21. The maximum atomic E-state index is 4.62. The largest absolute Gasteiger partial charge is 0.312 e. The molecule has 17 heavy (non-hydrogen) atoms. The van der Waals surface area contributed by atoms with Gasteiger partial charge < -0.3 is 5.32 Å². The molecule has 0 aliphatic carbocycles. The molecule has 0 fully saturated rings. The van der Waals surface area contributed by atoms with Gasteiger partial charge in [-0.25, -0.2) is 9.97 Å². The fourth-order valence-corrected chi connectivity index (χ4v) is 2.03. The number of pyridine rings is 1. The summed E-state index contributed by atoms with van der Waals surface area (Å²) in [7, 11) is 0. The highest BCUT2D eigenvalue weighted by Crippen LogP contribution is 2.11. The van der Waals surface area contributed by atoms with E-state index in [1.807, 2.05) is 24.4 Å². The standard InChI is InChI=1S/C13H14N4/c1-2-5-15-11(3-1)7-13-16-9-10-8-14-6-4-12(10)17-13/h1-3,5,9,14H,4,6-8H2. The average molecular weight is 226 g/mol. The van der Waals surface area contributed by atoms with E-state index in [9.17, 15) is 0 Å². The van der Waals surface area contributed by atoms with Crippen LogP contribution in [0.1, 0.15) is 22.8 Å². The molecule has 0 unspecified atom stereocenters. The number of aromatic nitrogens is 3. The van der Waals surface area contributed by atoms with E-state index in [1.165, 1.54) is 11.3 Å². The molecule has 4 heteroatoms. The molecular formula is C13H14N4. The lowest BCUT2D eigenvalue weighted by Crippen LogP contribution is -2.25. The summed E-state index contributed by atoms with van der Waals surface area (Å²) in [5, 5.41) is 3.32. The third kappa shape index (κ3) is 2.31. The van der Waals surface area contributed by atoms with E-state index in [0.717, 1.165) is 31.0 Å². The van der Waals surface area contributed by atoms with Crippen LogP contribution >= 0.6 is 0 Å². The second-order valence-corrected chi connectivity index (χ2v) is 4.18. The quantitative estimate of drug-likeness (QED) is 0.833. The molecule has 1 N–H and O–H groups in total. The molecule has 0 aromatic carbocycles. The fraction of sp³-hybridized carbons (Fsp3) is 0.308. The Labute approximate surface area is 100 Å². The molecule has 0 saturated carbocycles. The van der Waals surface area contributed by atoms with Crippen LogP contribution in [0.15, 0.2) is 30.6 Å². The van der Waals surface area contributed by atoms with Gasteiger partial charge in [0.1, 0.15) is 5.82 Å². The lowest BCUT2D eigenvalue weighted by molar-refractivity contribution is 0.620. The van der Waals surface area contributed by atoms with Crippen LogP contribution in [0.2, 0.25) is 0 Å². The van der Waals surface area contributed by atoms with E-state index >= 15 is 0 Å². The fourth-order valence-electron chi connectivity index (χ4n) is 2.03. The van der Waals surface area contributed by atoms with E-state index in [0.29, 0.717) is 6.42 Å². The number of nitrogens with zero attached hydrogens (tertiary/aromatic N) is 3. The minimum Gasteiger partial charge on any atom is -0.312 e. The first-order chi connectivity index (χ1) is 8.42. The molecule has 3 heterocycles. The van der Waals surface area contributed by atoms with Crippen molar-refractivity contribution in [1.29, 1.82) is 0 Å². The Hall–Kier alpha value is -1.81. The topological polar surface area (TPSA) is 50.7 Å². The number of rotatable bonds is 2. The summed E-state index contributed by atoms with van der Waals surface area (Å²) in [6, 6.07) is 5.91. The van der Waals surface area contributed by atoms with Crippen molar-refractivity contribution in [3.05, 3.63) is 53.4 Å². The highest BCUT2D eigenvalue weighted by atomic mass is 14.9. The van der Waals surface area contributed by atoms with Crippen LogP contribution in [-0.2, 0) is 19.4 Å². The van der Waals surface area contributed by atoms with Gasteiger partial charge in [-0.05, 0) is 12.1 Å². The van der Waals surface area contributed by atoms with Crippen LogP contribution in [0.5, 0.6) is 0 Å². The Kier molecular flexibility index (Phi) is 2.80. The molecule has 0 radical (unpaired) electrons. The molecule has 0 bridgehead atoms. The highest BCUT2D eigenvalue weighted by Gasteiger charge is 2.11. The van der Waals surface area contributed by atoms with Gasteiger partial charge in [0, 0.05) is 48.9 Å². The van der Waals surface area contributed by atoms with Crippen LogP contribution in [0.3, 0.4) is 0 Å². The van der Waals surface area contributed by atoms with Crippen molar-refractivity contribution in [2.75, 3.05) is 6.54 Å². The van der Waals surface area contributed by atoms with E-state index in [1.54, 1.807) is 6.20 Å². The number of hydrogen-bond acceptors (Lipinski definition) is 4. The molecule has 0 atom stereocenters. The summed E-state index contributed by atoms with van der Waals surface area (Å²) in [4.78, 5) is 13.3. The second-order valence-electron chi connectivity index (χ2n) is 4.18. The summed E-state index contributed by atoms with van der Waals surface area (Å²) in [6.45, 7) is 1.90. The molecule has 3 rings (SSSR count). The molecule has 1 aliphatic rings. The SMILES string of the molecule is c1ccc(Cc2ncc3c(n2)CCNC3)nc1. The Morgan fingerprint density at radius 2 is 2.24 bits per heavy atom. The zero-order chi connectivity index (χ0) is 11.5. The Morgan fingerprint density at radius 3 is 3.12 bits per heavy atom. The van der Waals surface area contributed by atoms with Gasteiger partial charge >= 0.3 is 0 Å². The van der Waals surface area contributed by atoms with E-state index in [2.05, 4.69) is 20.3 Å². The van der Waals surface area contributed by atoms with Gasteiger partial charge in [-0.3, -0.25) is 4.98 Å². The van der Waals surface area contributed by atoms with Gasteiger partial charge in [-0.1, -0.05) is 6.07 Å². The van der Waals surface area contributed by atoms with Crippen LogP contribution in [0.4, 0.5) is 0 Å². The van der Waals surface area contributed by atoms with Gasteiger partial charge in [-0.15, -0.1) is 0 Å². The number of fused-ring (bicyclic) bond motifs is 1. The van der Waals surface area contributed by atoms with Crippen molar-refractivity contribution in [2.45, 2.75) is 19.4 Å². The first-order valence-electron chi connectivity index (χ1n) is 5.86. The van der Waals surface area contributed by atoms with Gasteiger partial charge in [0.25, 0.3) is 0 Å². The molecule has 2 aromatic rings. The predicted octanol–water partition coefficient (Wildman–Crippen LogP) is 1.11. The maximum Gasteiger partial charge on any atom is 0.134 e. The van der Waals surface area contributed by atoms with Gasteiger partial charge in [0.15, 0.2) is 0 Å². The lowest BCUT2D eigenvalue weighted by atomic mass is 10.1. The molecule has 0 spiro atoms. The lowest BCUT2D eigenvalue weighted by Gasteiger charge is -2.15. The normalized spacial score (nSPS) is 14.4. The predicted molar refractivity (Wildman–Crippen MR) is 64.5 cm³/mol. The molecule has 1 aliphatic heterocycles. The van der Waals surface area contributed by atoms with E-state index in [4.69, 9.17) is 0 Å². The van der Waals surface area contributed by atoms with Crippen LogP contribution in [0.25, 0.3) is 0 Å². The van der Waals surface area contributed by atoms with Crippen molar-refractivity contribution in [2.24, 2.45) is 0 Å². The Bertz CT molecular complexity index is 510. The summed E-state index contributed by atoms with van der Waals surface area (Å²) < 4.78 is 0. The van der Waals surface area contributed by atoms with E-state index in [-0.39, 0.29) is 0 Å². The first kappa shape index (κ1) is 10.4. The molecule has 86 valence electrons. The number of nitrogens with one attached hydrogen (secondary N) is 1. The number of hydrogen-bond donors (Lipinski definition) is 1. The van der Waals surface area contributed by atoms with Crippen molar-refractivity contribution in [3.8, 4) is 0 Å².